The number of fused-ring (bicyclic) bond motifs is 5. The average Bonchev–Trinajstić information content (AvgIpc) is 3.49. The Morgan fingerprint density at radius 3 is 1.72 bits per heavy atom. The van der Waals surface area contributed by atoms with Gasteiger partial charge in [-0.2, -0.15) is 0 Å². The van der Waals surface area contributed by atoms with Crippen LogP contribution in [0.3, 0.4) is 0 Å². The molecule has 0 bridgehead atoms. The van der Waals surface area contributed by atoms with Gasteiger partial charge < -0.3 is 9.47 Å². The highest BCUT2D eigenvalue weighted by Gasteiger charge is 2.25. The Labute approximate surface area is 293 Å². The van der Waals surface area contributed by atoms with Gasteiger partial charge in [-0.1, -0.05) is 142 Å². The maximum absolute atomic E-state index is 2.48. The second-order valence-corrected chi connectivity index (χ2v) is 14.2. The zero-order valence-electron chi connectivity index (χ0n) is 28.6. The van der Waals surface area contributed by atoms with E-state index >= 15 is 0 Å². The van der Waals surface area contributed by atoms with E-state index in [9.17, 15) is 0 Å². The van der Waals surface area contributed by atoms with E-state index in [1.807, 2.05) is 0 Å². The number of para-hydroxylation sites is 3. The normalized spacial score (nSPS) is 11.9. The van der Waals surface area contributed by atoms with Crippen molar-refractivity contribution in [3.8, 4) is 16.8 Å². The molecule has 0 saturated heterocycles. The number of hydrogen-bond donors (Lipinski definition) is 0. The highest BCUT2D eigenvalue weighted by Crippen LogP contribution is 2.49. The quantitative estimate of drug-likeness (QED) is 0.170. The second-order valence-electron chi connectivity index (χ2n) is 14.2. The number of nitrogens with zero attached hydrogens (tertiary/aromatic N) is 2. The van der Waals surface area contributed by atoms with Crippen LogP contribution in [-0.2, 0) is 5.41 Å². The molecule has 8 aromatic carbocycles. The van der Waals surface area contributed by atoms with E-state index in [1.54, 1.807) is 0 Å². The number of hydrogen-bond acceptors (Lipinski definition) is 1. The summed E-state index contributed by atoms with van der Waals surface area (Å²) in [5, 5.41) is 7.43. The molecular weight excluding hydrogens is 605 g/mol. The van der Waals surface area contributed by atoms with Crippen molar-refractivity contribution in [1.29, 1.82) is 0 Å². The van der Waals surface area contributed by atoms with Crippen LogP contribution in [-0.4, -0.2) is 4.57 Å². The lowest BCUT2D eigenvalue weighted by Gasteiger charge is -2.30. The second kappa shape index (κ2) is 11.8. The van der Waals surface area contributed by atoms with Crippen molar-refractivity contribution in [3.05, 3.63) is 181 Å². The molecule has 0 spiro atoms. The summed E-state index contributed by atoms with van der Waals surface area (Å²) in [7, 11) is 0. The fraction of sp³-hybridized carbons (Fsp3) is 0.0833. The number of rotatable bonds is 5. The van der Waals surface area contributed by atoms with Gasteiger partial charge in [0.1, 0.15) is 0 Å². The summed E-state index contributed by atoms with van der Waals surface area (Å²) >= 11 is 0. The highest BCUT2D eigenvalue weighted by molar-refractivity contribution is 6.23. The lowest BCUT2D eigenvalue weighted by Crippen LogP contribution is -2.13. The van der Waals surface area contributed by atoms with E-state index < -0.39 is 0 Å². The SMILES string of the molecule is CC(C)(C)c1ccc2c(N(c3ccccc3)c3ccc4c(c3)c3ccccc3n4-c3ccccc3)c3ccccc3c(-c3ccccc3)c2c1. The van der Waals surface area contributed by atoms with E-state index in [0.29, 0.717) is 0 Å². The number of anilines is 3. The summed E-state index contributed by atoms with van der Waals surface area (Å²) in [6.45, 7) is 6.90. The third-order valence-electron chi connectivity index (χ3n) is 10.1. The Morgan fingerprint density at radius 1 is 0.420 bits per heavy atom. The molecule has 2 nitrogen and oxygen atoms in total. The molecule has 240 valence electrons. The summed E-state index contributed by atoms with van der Waals surface area (Å²) in [6.07, 6.45) is 0. The van der Waals surface area contributed by atoms with Crippen LogP contribution < -0.4 is 4.90 Å². The Morgan fingerprint density at radius 2 is 1.00 bits per heavy atom. The zero-order chi connectivity index (χ0) is 33.8. The summed E-state index contributed by atoms with van der Waals surface area (Å²) < 4.78 is 2.38. The van der Waals surface area contributed by atoms with E-state index in [1.165, 1.54) is 65.7 Å². The summed E-state index contributed by atoms with van der Waals surface area (Å²) in [5.74, 6) is 0. The number of benzene rings is 8. The Kier molecular flexibility index (Phi) is 7.07. The molecule has 0 aliphatic rings. The molecule has 0 atom stereocenters. The van der Waals surface area contributed by atoms with Gasteiger partial charge in [0.15, 0.2) is 0 Å². The van der Waals surface area contributed by atoms with Crippen molar-refractivity contribution in [2.24, 2.45) is 0 Å². The van der Waals surface area contributed by atoms with Crippen LogP contribution in [0.15, 0.2) is 176 Å². The topological polar surface area (TPSA) is 8.17 Å². The monoisotopic (exact) mass is 642 g/mol. The van der Waals surface area contributed by atoms with Crippen molar-refractivity contribution < 1.29 is 0 Å². The summed E-state index contributed by atoms with van der Waals surface area (Å²) in [4.78, 5) is 2.48. The first-order valence-electron chi connectivity index (χ1n) is 17.5. The van der Waals surface area contributed by atoms with Crippen molar-refractivity contribution in [1.82, 2.24) is 4.57 Å². The average molecular weight is 643 g/mol. The predicted octanol–water partition coefficient (Wildman–Crippen LogP) is 13.5. The predicted molar refractivity (Wildman–Crippen MR) is 215 cm³/mol. The van der Waals surface area contributed by atoms with Gasteiger partial charge in [0.05, 0.1) is 16.7 Å². The molecule has 0 aliphatic heterocycles. The minimum atomic E-state index is 0.00504. The van der Waals surface area contributed by atoms with Gasteiger partial charge in [0, 0.05) is 38.6 Å². The molecule has 0 saturated carbocycles. The lowest BCUT2D eigenvalue weighted by molar-refractivity contribution is 0.591. The third-order valence-corrected chi connectivity index (χ3v) is 10.1. The lowest BCUT2D eigenvalue weighted by atomic mass is 9.83. The fourth-order valence-electron chi connectivity index (χ4n) is 7.72. The third kappa shape index (κ3) is 4.87. The molecule has 0 aliphatic carbocycles. The van der Waals surface area contributed by atoms with Crippen LogP contribution in [0.2, 0.25) is 0 Å². The van der Waals surface area contributed by atoms with Crippen LogP contribution in [0.1, 0.15) is 26.3 Å². The van der Waals surface area contributed by atoms with Crippen LogP contribution in [0.5, 0.6) is 0 Å². The first-order valence-corrected chi connectivity index (χ1v) is 17.5. The van der Waals surface area contributed by atoms with Gasteiger partial charge in [0.2, 0.25) is 0 Å². The molecule has 1 heterocycles. The Bertz CT molecular complexity index is 2660. The van der Waals surface area contributed by atoms with Gasteiger partial charge in [-0.05, 0) is 87.5 Å². The molecule has 9 aromatic rings. The minimum Gasteiger partial charge on any atom is -0.309 e. The fourth-order valence-corrected chi connectivity index (χ4v) is 7.72. The van der Waals surface area contributed by atoms with Crippen LogP contribution in [0, 0.1) is 0 Å². The largest absolute Gasteiger partial charge is 0.309 e. The van der Waals surface area contributed by atoms with Crippen molar-refractivity contribution in [3.63, 3.8) is 0 Å². The molecule has 0 amide bonds. The Hall–Kier alpha value is -6.12. The summed E-state index contributed by atoms with van der Waals surface area (Å²) in [5.41, 5.74) is 10.8. The van der Waals surface area contributed by atoms with Gasteiger partial charge in [-0.15, -0.1) is 0 Å². The van der Waals surface area contributed by atoms with Crippen LogP contribution in [0.4, 0.5) is 17.1 Å². The maximum Gasteiger partial charge on any atom is 0.0618 e. The standard InChI is InChI=1S/C48H38N2/c1-48(2,3)34-27-29-41-43(31-34)46(33-17-7-4-8-18-33)39-24-13-14-25-40(39)47(41)49(35-19-9-5-10-20-35)37-28-30-45-42(32-37)38-23-15-16-26-44(38)50(45)36-21-11-6-12-22-36/h4-32H,1-3H3. The van der Waals surface area contributed by atoms with Crippen LogP contribution >= 0.6 is 0 Å². The molecule has 0 fully saturated rings. The molecule has 2 heteroatoms. The molecular formula is C48H38N2. The van der Waals surface area contributed by atoms with Crippen molar-refractivity contribution in [2.45, 2.75) is 26.2 Å². The smallest absolute Gasteiger partial charge is 0.0618 e. The van der Waals surface area contributed by atoms with Crippen LogP contribution in [0.25, 0.3) is 60.2 Å². The van der Waals surface area contributed by atoms with E-state index in [0.717, 1.165) is 17.1 Å². The first kappa shape index (κ1) is 30.0. The van der Waals surface area contributed by atoms with Gasteiger partial charge in [0.25, 0.3) is 0 Å². The highest BCUT2D eigenvalue weighted by atomic mass is 15.1. The van der Waals surface area contributed by atoms with E-state index in [-0.39, 0.29) is 5.41 Å². The molecule has 0 N–H and O–H groups in total. The Balaban J connectivity index is 1.40. The zero-order valence-corrected chi connectivity index (χ0v) is 28.6. The number of aromatic nitrogens is 1. The van der Waals surface area contributed by atoms with Crippen molar-refractivity contribution >= 4 is 60.4 Å². The van der Waals surface area contributed by atoms with E-state index in [2.05, 4.69) is 206 Å². The molecule has 0 unspecified atom stereocenters. The summed E-state index contributed by atoms with van der Waals surface area (Å²) in [6, 6.07) is 64.2. The van der Waals surface area contributed by atoms with Gasteiger partial charge in [-0.25, -0.2) is 0 Å². The molecule has 50 heavy (non-hydrogen) atoms. The van der Waals surface area contributed by atoms with Crippen molar-refractivity contribution in [2.75, 3.05) is 4.90 Å². The molecule has 9 rings (SSSR count). The van der Waals surface area contributed by atoms with Gasteiger partial charge in [-0.3, -0.25) is 0 Å². The van der Waals surface area contributed by atoms with E-state index in [4.69, 9.17) is 0 Å². The first-order chi connectivity index (χ1) is 24.5. The molecule has 0 radical (unpaired) electrons. The van der Waals surface area contributed by atoms with Gasteiger partial charge >= 0.3 is 0 Å². The minimum absolute atomic E-state index is 0.00504. The molecule has 1 aromatic heterocycles. The maximum atomic E-state index is 2.48.